The van der Waals surface area contributed by atoms with Crippen LogP contribution in [0.3, 0.4) is 0 Å². The smallest absolute Gasteiger partial charge is 0.282 e. The second-order valence-electron chi connectivity index (χ2n) is 4.50. The van der Waals surface area contributed by atoms with Gasteiger partial charge < -0.3 is 10.4 Å². The van der Waals surface area contributed by atoms with Crippen LogP contribution < -0.4 is 5.32 Å². The lowest BCUT2D eigenvalue weighted by Crippen LogP contribution is -2.28. The molecule has 1 aromatic heterocycles. The van der Waals surface area contributed by atoms with Gasteiger partial charge in [-0.2, -0.15) is 5.10 Å². The van der Waals surface area contributed by atoms with Gasteiger partial charge in [-0.1, -0.05) is 0 Å². The molecule has 2 rings (SSSR count). The molecule has 0 radical (unpaired) electrons. The number of amides is 1. The molecule has 8 heteroatoms. The number of hydrogen-bond donors (Lipinski definition) is 2. The molecule has 0 unspecified atom stereocenters. The summed E-state index contributed by atoms with van der Waals surface area (Å²) in [5.74, 6) is -0.810. The van der Waals surface area contributed by atoms with Crippen LogP contribution in [-0.4, -0.2) is 32.3 Å². The highest BCUT2D eigenvalue weighted by Crippen LogP contribution is 2.22. The van der Waals surface area contributed by atoms with Crippen LogP contribution in [0.2, 0.25) is 0 Å². The molecule has 0 bridgehead atoms. The lowest BCUT2D eigenvalue weighted by atomic mass is 10.1. The molecule has 110 valence electrons. The summed E-state index contributed by atoms with van der Waals surface area (Å²) in [6, 6.07) is 3.34. The van der Waals surface area contributed by atoms with E-state index >= 15 is 0 Å². The summed E-state index contributed by atoms with van der Waals surface area (Å²) in [5.41, 5.74) is 0.488. The monoisotopic (exact) mass is 290 g/mol. The molecule has 1 heterocycles. The third-order valence-electron chi connectivity index (χ3n) is 2.81. The van der Waals surface area contributed by atoms with Crippen LogP contribution in [0, 0.1) is 17.0 Å². The number of nitrogens with one attached hydrogen (secondary N) is 1. The quantitative estimate of drug-likeness (QED) is 0.635. The Bertz CT molecular complexity index is 681. The molecule has 2 aromatic rings. The number of carbonyl (C=O) groups excluding carboxylic acids is 1. The molecule has 2 N–H and O–H groups in total. The van der Waals surface area contributed by atoms with Gasteiger partial charge in [0.15, 0.2) is 0 Å². The fourth-order valence-corrected chi connectivity index (χ4v) is 1.83. The van der Waals surface area contributed by atoms with Crippen molar-refractivity contribution in [1.82, 2.24) is 15.1 Å². The first kappa shape index (κ1) is 14.5. The van der Waals surface area contributed by atoms with Crippen molar-refractivity contribution in [3.8, 4) is 5.75 Å². The Morgan fingerprint density at radius 2 is 2.29 bits per heavy atom. The van der Waals surface area contributed by atoms with E-state index < -0.39 is 10.8 Å². The van der Waals surface area contributed by atoms with Crippen molar-refractivity contribution in [3.63, 3.8) is 0 Å². The number of carbonyl (C=O) groups is 1. The van der Waals surface area contributed by atoms with Gasteiger partial charge in [0, 0.05) is 18.8 Å². The van der Waals surface area contributed by atoms with Crippen LogP contribution in [-0.2, 0) is 6.54 Å². The zero-order chi connectivity index (χ0) is 15.4. The lowest BCUT2D eigenvalue weighted by molar-refractivity contribution is -0.385. The third kappa shape index (κ3) is 3.56. The SMILES string of the molecule is Cc1cnn(CCNC(=O)c2cc(O)ccc2[N+](=O)[O-])c1. The summed E-state index contributed by atoms with van der Waals surface area (Å²) in [5, 5.41) is 26.8. The Morgan fingerprint density at radius 3 is 2.90 bits per heavy atom. The van der Waals surface area contributed by atoms with Gasteiger partial charge in [-0.15, -0.1) is 0 Å². The van der Waals surface area contributed by atoms with Crippen molar-refractivity contribution in [2.24, 2.45) is 0 Å². The number of aryl methyl sites for hydroxylation is 1. The van der Waals surface area contributed by atoms with Gasteiger partial charge >= 0.3 is 0 Å². The zero-order valence-electron chi connectivity index (χ0n) is 11.3. The van der Waals surface area contributed by atoms with E-state index in [1.165, 1.54) is 6.07 Å². The number of nitro groups is 1. The fourth-order valence-electron chi connectivity index (χ4n) is 1.83. The lowest BCUT2D eigenvalue weighted by Gasteiger charge is -2.06. The maximum absolute atomic E-state index is 12.0. The number of aromatic nitrogens is 2. The highest BCUT2D eigenvalue weighted by atomic mass is 16.6. The van der Waals surface area contributed by atoms with Crippen LogP contribution in [0.4, 0.5) is 5.69 Å². The van der Waals surface area contributed by atoms with Crippen LogP contribution in [0.5, 0.6) is 5.75 Å². The molecule has 0 atom stereocenters. The van der Waals surface area contributed by atoms with Crippen molar-refractivity contribution < 1.29 is 14.8 Å². The first-order valence-electron chi connectivity index (χ1n) is 6.22. The van der Waals surface area contributed by atoms with Crippen molar-refractivity contribution in [2.75, 3.05) is 6.54 Å². The standard InChI is InChI=1S/C13H14N4O4/c1-9-7-15-16(8-9)5-4-14-13(19)11-6-10(18)2-3-12(11)17(20)21/h2-3,6-8,18H,4-5H2,1H3,(H,14,19). The average molecular weight is 290 g/mol. The van der Waals surface area contributed by atoms with E-state index in [0.717, 1.165) is 17.7 Å². The summed E-state index contributed by atoms with van der Waals surface area (Å²) < 4.78 is 1.66. The second kappa shape index (κ2) is 6.04. The number of phenolic OH excluding ortho intramolecular Hbond substituents is 1. The Labute approximate surface area is 120 Å². The van der Waals surface area contributed by atoms with E-state index in [0.29, 0.717) is 6.54 Å². The summed E-state index contributed by atoms with van der Waals surface area (Å²) in [6.07, 6.45) is 3.52. The first-order valence-corrected chi connectivity index (χ1v) is 6.22. The van der Waals surface area contributed by atoms with E-state index in [4.69, 9.17) is 0 Å². The zero-order valence-corrected chi connectivity index (χ0v) is 11.3. The third-order valence-corrected chi connectivity index (χ3v) is 2.81. The maximum atomic E-state index is 12.0. The second-order valence-corrected chi connectivity index (χ2v) is 4.50. The molecule has 0 fully saturated rings. The van der Waals surface area contributed by atoms with Crippen molar-refractivity contribution in [1.29, 1.82) is 0 Å². The number of nitrogens with zero attached hydrogens (tertiary/aromatic N) is 3. The molecule has 8 nitrogen and oxygen atoms in total. The van der Waals surface area contributed by atoms with Crippen molar-refractivity contribution in [2.45, 2.75) is 13.5 Å². The maximum Gasteiger partial charge on any atom is 0.282 e. The van der Waals surface area contributed by atoms with Crippen LogP contribution in [0.15, 0.2) is 30.6 Å². The number of hydrogen-bond acceptors (Lipinski definition) is 5. The molecule has 0 aliphatic carbocycles. The molecule has 1 aromatic carbocycles. The predicted molar refractivity (Wildman–Crippen MR) is 74.1 cm³/mol. The molecular formula is C13H14N4O4. The summed E-state index contributed by atoms with van der Waals surface area (Å²) in [4.78, 5) is 22.2. The summed E-state index contributed by atoms with van der Waals surface area (Å²) >= 11 is 0. The molecule has 21 heavy (non-hydrogen) atoms. The number of aromatic hydroxyl groups is 1. The molecule has 0 spiro atoms. The van der Waals surface area contributed by atoms with E-state index in [-0.39, 0.29) is 23.5 Å². The van der Waals surface area contributed by atoms with E-state index in [1.54, 1.807) is 10.9 Å². The summed E-state index contributed by atoms with van der Waals surface area (Å²) in [7, 11) is 0. The Kier molecular flexibility index (Phi) is 4.17. The largest absolute Gasteiger partial charge is 0.508 e. The molecule has 0 aliphatic rings. The van der Waals surface area contributed by atoms with E-state index in [2.05, 4.69) is 10.4 Å². The predicted octanol–water partition coefficient (Wildman–Crippen LogP) is 1.24. The Hall–Kier alpha value is -2.90. The number of rotatable bonds is 5. The summed E-state index contributed by atoms with van der Waals surface area (Å²) in [6.45, 7) is 2.62. The minimum atomic E-state index is -0.661. The van der Waals surface area contributed by atoms with Gasteiger partial charge in [0.1, 0.15) is 11.3 Å². The molecular weight excluding hydrogens is 276 g/mol. The number of phenols is 1. The van der Waals surface area contributed by atoms with Crippen LogP contribution >= 0.6 is 0 Å². The number of nitro benzene ring substituents is 1. The molecule has 0 saturated heterocycles. The Morgan fingerprint density at radius 1 is 1.52 bits per heavy atom. The first-order chi connectivity index (χ1) is 9.97. The van der Waals surface area contributed by atoms with Gasteiger partial charge in [-0.05, 0) is 24.6 Å². The minimum Gasteiger partial charge on any atom is -0.508 e. The van der Waals surface area contributed by atoms with Gasteiger partial charge in [0.05, 0.1) is 17.7 Å². The Balaban J connectivity index is 2.03. The number of benzene rings is 1. The highest BCUT2D eigenvalue weighted by Gasteiger charge is 2.20. The molecule has 0 saturated carbocycles. The topological polar surface area (TPSA) is 110 Å². The van der Waals surface area contributed by atoms with E-state index in [9.17, 15) is 20.0 Å². The van der Waals surface area contributed by atoms with Crippen molar-refractivity contribution >= 4 is 11.6 Å². The van der Waals surface area contributed by atoms with Gasteiger partial charge in [-0.25, -0.2) is 0 Å². The normalized spacial score (nSPS) is 10.3. The van der Waals surface area contributed by atoms with Gasteiger partial charge in [0.25, 0.3) is 11.6 Å². The fraction of sp³-hybridized carbons (Fsp3) is 0.231. The van der Waals surface area contributed by atoms with Crippen molar-refractivity contribution in [3.05, 3.63) is 51.8 Å². The molecule has 1 amide bonds. The van der Waals surface area contributed by atoms with Crippen LogP contribution in [0.1, 0.15) is 15.9 Å². The molecule has 0 aliphatic heterocycles. The van der Waals surface area contributed by atoms with Gasteiger partial charge in [-0.3, -0.25) is 19.6 Å². The average Bonchev–Trinajstić information content (AvgIpc) is 2.84. The van der Waals surface area contributed by atoms with Crippen LogP contribution in [0.25, 0.3) is 0 Å². The highest BCUT2D eigenvalue weighted by molar-refractivity contribution is 5.98. The van der Waals surface area contributed by atoms with E-state index in [1.807, 2.05) is 13.1 Å². The van der Waals surface area contributed by atoms with Gasteiger partial charge in [0.2, 0.25) is 0 Å². The minimum absolute atomic E-state index is 0.170.